The van der Waals surface area contributed by atoms with Crippen LogP contribution in [0.4, 0.5) is 8.78 Å². The fourth-order valence-electron chi connectivity index (χ4n) is 2.24. The maximum absolute atomic E-state index is 13.6. The molecule has 0 aliphatic heterocycles. The van der Waals surface area contributed by atoms with Crippen molar-refractivity contribution in [1.82, 2.24) is 10.6 Å². The van der Waals surface area contributed by atoms with E-state index in [-0.39, 0.29) is 12.1 Å². The molecule has 5 nitrogen and oxygen atoms in total. The largest absolute Gasteiger partial charge is 0.497 e. The smallest absolute Gasteiger partial charge is 0.191 e. The van der Waals surface area contributed by atoms with Crippen molar-refractivity contribution in [3.05, 3.63) is 59.7 Å². The molecule has 2 aromatic rings. The Morgan fingerprint density at radius 2 is 1.88 bits per heavy atom. The Morgan fingerprint density at radius 1 is 1.08 bits per heavy atom. The third-order valence-electron chi connectivity index (χ3n) is 3.60. The van der Waals surface area contributed by atoms with Gasteiger partial charge in [0.15, 0.2) is 5.96 Å². The van der Waals surface area contributed by atoms with Gasteiger partial charge in [-0.15, -0.1) is 0 Å². The Morgan fingerprint density at radius 3 is 2.65 bits per heavy atom. The van der Waals surface area contributed by atoms with E-state index in [0.29, 0.717) is 19.1 Å². The number of ether oxygens (including phenoxy) is 2. The minimum atomic E-state index is -0.471. The molecule has 26 heavy (non-hydrogen) atoms. The summed E-state index contributed by atoms with van der Waals surface area (Å²) in [7, 11) is 3.22. The van der Waals surface area contributed by atoms with E-state index in [1.165, 1.54) is 0 Å². The minimum Gasteiger partial charge on any atom is -0.497 e. The van der Waals surface area contributed by atoms with Gasteiger partial charge in [-0.25, -0.2) is 8.78 Å². The van der Waals surface area contributed by atoms with Crippen LogP contribution in [-0.4, -0.2) is 33.3 Å². The van der Waals surface area contributed by atoms with Gasteiger partial charge in [0, 0.05) is 31.8 Å². The molecule has 7 heteroatoms. The molecule has 0 amide bonds. The van der Waals surface area contributed by atoms with Gasteiger partial charge in [0.1, 0.15) is 23.1 Å². The second-order valence-electron chi connectivity index (χ2n) is 5.47. The molecule has 140 valence electrons. The summed E-state index contributed by atoms with van der Waals surface area (Å²) in [4.78, 5) is 4.05. The van der Waals surface area contributed by atoms with Crippen LogP contribution in [0.5, 0.6) is 11.5 Å². The van der Waals surface area contributed by atoms with Gasteiger partial charge in [-0.3, -0.25) is 4.99 Å². The third kappa shape index (κ3) is 6.23. The first-order chi connectivity index (χ1) is 12.6. The predicted octanol–water partition coefficient (Wildman–Crippen LogP) is 3.11. The SMILES string of the molecule is CN=C(NCCCOc1cccc(OC)c1)NCc1cc(F)ccc1F. The second kappa shape index (κ2) is 10.2. The zero-order chi connectivity index (χ0) is 18.8. The highest BCUT2D eigenvalue weighted by Gasteiger charge is 2.05. The first-order valence-electron chi connectivity index (χ1n) is 8.27. The molecular formula is C19H23F2N3O2. The Balaban J connectivity index is 1.69. The third-order valence-corrected chi connectivity index (χ3v) is 3.60. The minimum absolute atomic E-state index is 0.142. The van der Waals surface area contributed by atoms with Crippen molar-refractivity contribution in [2.24, 2.45) is 4.99 Å². The average Bonchev–Trinajstić information content (AvgIpc) is 2.66. The van der Waals surface area contributed by atoms with E-state index in [4.69, 9.17) is 9.47 Å². The van der Waals surface area contributed by atoms with Crippen LogP contribution in [0.3, 0.4) is 0 Å². The Hall–Kier alpha value is -2.83. The molecule has 0 radical (unpaired) electrons. The first kappa shape index (κ1) is 19.5. The lowest BCUT2D eigenvalue weighted by Gasteiger charge is -2.13. The topological polar surface area (TPSA) is 54.9 Å². The highest BCUT2D eigenvalue weighted by Crippen LogP contribution is 2.18. The summed E-state index contributed by atoms with van der Waals surface area (Å²) in [6.07, 6.45) is 0.742. The van der Waals surface area contributed by atoms with Gasteiger partial charge in [-0.05, 0) is 36.8 Å². The molecule has 0 fully saturated rings. The van der Waals surface area contributed by atoms with Crippen LogP contribution in [-0.2, 0) is 6.54 Å². The van der Waals surface area contributed by atoms with E-state index in [1.807, 2.05) is 24.3 Å². The standard InChI is InChI=1S/C19H23F2N3O2/c1-22-19(24-13-14-11-15(20)7-8-18(14)21)23-9-4-10-26-17-6-3-5-16(12-17)25-2/h3,5-8,11-12H,4,9-10,13H2,1-2H3,(H2,22,23,24). The number of nitrogens with one attached hydrogen (secondary N) is 2. The van der Waals surface area contributed by atoms with Gasteiger partial charge in [-0.2, -0.15) is 0 Å². The van der Waals surface area contributed by atoms with Crippen LogP contribution in [0.1, 0.15) is 12.0 Å². The molecule has 2 rings (SSSR count). The van der Waals surface area contributed by atoms with Crippen LogP contribution < -0.4 is 20.1 Å². The number of benzene rings is 2. The fraction of sp³-hybridized carbons (Fsp3) is 0.316. The molecule has 0 saturated heterocycles. The molecule has 2 aromatic carbocycles. The lowest BCUT2D eigenvalue weighted by Crippen LogP contribution is -2.37. The Kier molecular flexibility index (Phi) is 7.67. The van der Waals surface area contributed by atoms with E-state index in [2.05, 4.69) is 15.6 Å². The number of hydrogen-bond acceptors (Lipinski definition) is 3. The zero-order valence-corrected chi connectivity index (χ0v) is 14.9. The molecule has 0 aliphatic rings. The lowest BCUT2D eigenvalue weighted by molar-refractivity contribution is 0.308. The van der Waals surface area contributed by atoms with Crippen molar-refractivity contribution in [1.29, 1.82) is 0 Å². The number of methoxy groups -OCH3 is 1. The molecule has 0 heterocycles. The van der Waals surface area contributed by atoms with Crippen molar-refractivity contribution in [3.63, 3.8) is 0 Å². The number of hydrogen-bond donors (Lipinski definition) is 2. The fourth-order valence-corrected chi connectivity index (χ4v) is 2.24. The van der Waals surface area contributed by atoms with Crippen molar-refractivity contribution in [2.45, 2.75) is 13.0 Å². The Bertz CT molecular complexity index is 738. The van der Waals surface area contributed by atoms with E-state index in [0.717, 1.165) is 36.1 Å². The van der Waals surface area contributed by atoms with E-state index in [1.54, 1.807) is 14.2 Å². The summed E-state index contributed by atoms with van der Waals surface area (Å²) in [5, 5.41) is 6.05. The van der Waals surface area contributed by atoms with Crippen LogP contribution in [0, 0.1) is 11.6 Å². The predicted molar refractivity (Wildman–Crippen MR) is 97.7 cm³/mol. The number of rotatable bonds is 8. The monoisotopic (exact) mass is 363 g/mol. The highest BCUT2D eigenvalue weighted by molar-refractivity contribution is 5.79. The molecule has 0 unspecified atom stereocenters. The van der Waals surface area contributed by atoms with E-state index in [9.17, 15) is 8.78 Å². The van der Waals surface area contributed by atoms with Crippen LogP contribution in [0.15, 0.2) is 47.5 Å². The molecule has 2 N–H and O–H groups in total. The van der Waals surface area contributed by atoms with Crippen molar-refractivity contribution in [3.8, 4) is 11.5 Å². The van der Waals surface area contributed by atoms with Crippen molar-refractivity contribution < 1.29 is 18.3 Å². The quantitative estimate of drug-likeness (QED) is 0.430. The number of aliphatic imine (C=N–C) groups is 1. The second-order valence-corrected chi connectivity index (χ2v) is 5.47. The summed E-state index contributed by atoms with van der Waals surface area (Å²) >= 11 is 0. The normalized spacial score (nSPS) is 11.2. The van der Waals surface area contributed by atoms with Gasteiger partial charge in [0.2, 0.25) is 0 Å². The summed E-state index contributed by atoms with van der Waals surface area (Å²) in [5.74, 6) is 1.07. The maximum Gasteiger partial charge on any atom is 0.191 e. The van der Waals surface area contributed by atoms with Gasteiger partial charge in [0.05, 0.1) is 13.7 Å². The van der Waals surface area contributed by atoms with E-state index < -0.39 is 11.6 Å². The highest BCUT2D eigenvalue weighted by atomic mass is 19.1. The van der Waals surface area contributed by atoms with Crippen molar-refractivity contribution in [2.75, 3.05) is 27.3 Å². The van der Waals surface area contributed by atoms with Crippen LogP contribution in [0.2, 0.25) is 0 Å². The zero-order valence-electron chi connectivity index (χ0n) is 14.9. The summed E-state index contributed by atoms with van der Waals surface area (Å²) < 4.78 is 37.6. The molecular weight excluding hydrogens is 340 g/mol. The van der Waals surface area contributed by atoms with Gasteiger partial charge < -0.3 is 20.1 Å². The molecule has 0 aromatic heterocycles. The van der Waals surface area contributed by atoms with Gasteiger partial charge in [0.25, 0.3) is 0 Å². The maximum atomic E-state index is 13.6. The van der Waals surface area contributed by atoms with Gasteiger partial charge in [-0.1, -0.05) is 6.07 Å². The first-order valence-corrected chi connectivity index (χ1v) is 8.27. The molecule has 0 atom stereocenters. The molecule has 0 bridgehead atoms. The van der Waals surface area contributed by atoms with E-state index >= 15 is 0 Å². The molecule has 0 saturated carbocycles. The van der Waals surface area contributed by atoms with Gasteiger partial charge >= 0.3 is 0 Å². The molecule has 0 spiro atoms. The van der Waals surface area contributed by atoms with Crippen molar-refractivity contribution >= 4 is 5.96 Å². The molecule has 0 aliphatic carbocycles. The number of halogens is 2. The average molecular weight is 363 g/mol. The number of nitrogens with zero attached hydrogens (tertiary/aromatic N) is 1. The summed E-state index contributed by atoms with van der Waals surface area (Å²) in [6, 6.07) is 10.8. The summed E-state index contributed by atoms with van der Waals surface area (Å²) in [5.41, 5.74) is 0.245. The van der Waals surface area contributed by atoms with Crippen LogP contribution in [0.25, 0.3) is 0 Å². The Labute approximate surface area is 152 Å². The summed E-state index contributed by atoms with van der Waals surface area (Å²) in [6.45, 7) is 1.29. The number of guanidine groups is 1. The lowest BCUT2D eigenvalue weighted by atomic mass is 10.2. The van der Waals surface area contributed by atoms with Crippen LogP contribution >= 0.6 is 0 Å².